The van der Waals surface area contributed by atoms with Crippen LogP contribution in [0.1, 0.15) is 12.5 Å². The maximum Gasteiger partial charge on any atom is 0.242 e. The Bertz CT molecular complexity index is 1570. The highest BCUT2D eigenvalue weighted by Gasteiger charge is 2.18. The molecule has 0 aliphatic carbocycles. The average Bonchev–Trinajstić information content (AvgIpc) is 3.34. The third kappa shape index (κ3) is 6.52. The summed E-state index contributed by atoms with van der Waals surface area (Å²) in [6.45, 7) is 3.22. The fourth-order valence-corrected chi connectivity index (χ4v) is 5.90. The summed E-state index contributed by atoms with van der Waals surface area (Å²) in [6, 6.07) is 20.6. The first-order valence-corrected chi connectivity index (χ1v) is 14.8. The first-order chi connectivity index (χ1) is 18.8. The number of hydrogen-bond donors (Lipinski definition) is 0. The highest BCUT2D eigenvalue weighted by atomic mass is 32.2. The molecule has 0 aliphatic rings. The van der Waals surface area contributed by atoms with Gasteiger partial charge in [0.05, 0.1) is 37.1 Å². The van der Waals surface area contributed by atoms with Gasteiger partial charge in [0.2, 0.25) is 10.0 Å². The topological polar surface area (TPSA) is 82.4 Å². The van der Waals surface area contributed by atoms with E-state index in [-0.39, 0.29) is 4.90 Å². The number of aryl methyl sites for hydroxylation is 1. The fourth-order valence-electron chi connectivity index (χ4n) is 4.05. The van der Waals surface area contributed by atoms with Gasteiger partial charge in [-0.05, 0) is 73.0 Å². The van der Waals surface area contributed by atoms with Crippen LogP contribution in [0.5, 0.6) is 17.2 Å². The summed E-state index contributed by atoms with van der Waals surface area (Å²) in [5, 5.41) is 2.05. The van der Waals surface area contributed by atoms with Gasteiger partial charge < -0.3 is 18.8 Å². The molecule has 0 saturated carbocycles. The predicted molar refractivity (Wildman–Crippen MR) is 155 cm³/mol. The van der Waals surface area contributed by atoms with Crippen LogP contribution < -0.4 is 19.0 Å². The second-order valence-corrected chi connectivity index (χ2v) is 11.8. The molecule has 3 aromatic carbocycles. The number of ether oxygens (including phenoxy) is 3. The predicted octanol–water partition coefficient (Wildman–Crippen LogP) is 5.36. The van der Waals surface area contributed by atoms with Crippen LogP contribution in [-0.4, -0.2) is 52.2 Å². The summed E-state index contributed by atoms with van der Waals surface area (Å²) < 4.78 is 44.9. The molecule has 4 aromatic rings. The lowest BCUT2D eigenvalue weighted by Gasteiger charge is -2.13. The van der Waals surface area contributed by atoms with Gasteiger partial charge in [-0.3, -0.25) is 0 Å². The van der Waals surface area contributed by atoms with Gasteiger partial charge in [-0.1, -0.05) is 18.2 Å². The Morgan fingerprint density at radius 3 is 2.23 bits per heavy atom. The Labute approximate surface area is 233 Å². The molecule has 0 spiro atoms. The zero-order valence-corrected chi connectivity index (χ0v) is 24.4. The third-order valence-electron chi connectivity index (χ3n) is 6.17. The maximum absolute atomic E-state index is 12.6. The smallest absolute Gasteiger partial charge is 0.242 e. The minimum absolute atomic E-state index is 0.252. The van der Waals surface area contributed by atoms with E-state index >= 15 is 0 Å². The second-order valence-electron chi connectivity index (χ2n) is 8.85. The van der Waals surface area contributed by atoms with E-state index in [1.165, 1.54) is 29.7 Å². The molecule has 1 heterocycles. The van der Waals surface area contributed by atoms with Gasteiger partial charge in [0, 0.05) is 26.0 Å². The molecule has 1 aromatic heterocycles. The standard InChI is InChI=1S/C29H33N3O5S2/c1-6-37-24-12-10-23(11-13-24)30-29-32(18-17-21-7-16-27(35-4)28(19-21)36-5)26(20-38-29)22-8-14-25(15-9-22)39(33,34)31(2)3/h7-16,19-20H,6,17-18H2,1-5H3. The number of nitrogens with zero attached hydrogens (tertiary/aromatic N) is 3. The number of thiazole rings is 1. The van der Waals surface area contributed by atoms with Crippen molar-refractivity contribution in [2.75, 3.05) is 34.9 Å². The summed E-state index contributed by atoms with van der Waals surface area (Å²) in [5.41, 5.74) is 3.78. The Kier molecular flexibility index (Phi) is 9.11. The van der Waals surface area contributed by atoms with Crippen LogP contribution in [0.25, 0.3) is 11.3 Å². The summed E-state index contributed by atoms with van der Waals surface area (Å²) in [4.78, 5) is 6.01. The first-order valence-electron chi connectivity index (χ1n) is 12.5. The molecule has 206 valence electrons. The Hall–Kier alpha value is -3.60. The van der Waals surface area contributed by atoms with Crippen LogP contribution in [0.3, 0.4) is 0 Å². The van der Waals surface area contributed by atoms with Crippen molar-refractivity contribution in [3.63, 3.8) is 0 Å². The molecule has 0 fully saturated rings. The molecule has 0 saturated heterocycles. The van der Waals surface area contributed by atoms with E-state index in [9.17, 15) is 8.42 Å². The van der Waals surface area contributed by atoms with Crippen molar-refractivity contribution in [1.29, 1.82) is 0 Å². The van der Waals surface area contributed by atoms with E-state index < -0.39 is 10.0 Å². The lowest BCUT2D eigenvalue weighted by atomic mass is 10.1. The van der Waals surface area contributed by atoms with Gasteiger partial charge in [-0.25, -0.2) is 17.7 Å². The lowest BCUT2D eigenvalue weighted by molar-refractivity contribution is 0.340. The second kappa shape index (κ2) is 12.5. The number of hydrogen-bond acceptors (Lipinski definition) is 7. The molecule has 4 rings (SSSR count). The van der Waals surface area contributed by atoms with E-state index in [1.807, 2.05) is 61.5 Å². The molecule has 0 radical (unpaired) electrons. The van der Waals surface area contributed by atoms with Crippen molar-refractivity contribution >= 4 is 27.0 Å². The normalized spacial score (nSPS) is 12.1. The average molecular weight is 568 g/mol. The Morgan fingerprint density at radius 1 is 0.923 bits per heavy atom. The SMILES string of the molecule is CCOc1ccc(N=c2scc(-c3ccc(S(=O)(=O)N(C)C)cc3)n2CCc2ccc(OC)c(OC)c2)cc1. The number of methoxy groups -OCH3 is 2. The van der Waals surface area contributed by atoms with Crippen molar-refractivity contribution in [3.8, 4) is 28.5 Å². The summed E-state index contributed by atoms with van der Waals surface area (Å²) in [6.07, 6.45) is 0.730. The molecule has 39 heavy (non-hydrogen) atoms. The Balaban J connectivity index is 1.72. The molecule has 0 aliphatic heterocycles. The molecule has 0 amide bonds. The summed E-state index contributed by atoms with van der Waals surface area (Å²) in [7, 11) is 2.79. The monoisotopic (exact) mass is 567 g/mol. The van der Waals surface area contributed by atoms with Gasteiger partial charge in [-0.2, -0.15) is 0 Å². The van der Waals surface area contributed by atoms with Crippen LogP contribution in [0.4, 0.5) is 5.69 Å². The van der Waals surface area contributed by atoms with Crippen molar-refractivity contribution in [1.82, 2.24) is 8.87 Å². The number of benzene rings is 3. The van der Waals surface area contributed by atoms with E-state index in [1.54, 1.807) is 26.4 Å². The zero-order valence-electron chi connectivity index (χ0n) is 22.7. The molecular weight excluding hydrogens is 534 g/mol. The van der Waals surface area contributed by atoms with Gasteiger partial charge in [-0.15, -0.1) is 11.3 Å². The number of rotatable bonds is 11. The molecule has 0 N–H and O–H groups in total. The molecule has 0 atom stereocenters. The van der Waals surface area contributed by atoms with E-state index in [2.05, 4.69) is 9.95 Å². The van der Waals surface area contributed by atoms with Gasteiger partial charge in [0.15, 0.2) is 16.3 Å². The van der Waals surface area contributed by atoms with Crippen molar-refractivity contribution in [3.05, 3.63) is 82.5 Å². The van der Waals surface area contributed by atoms with Crippen LogP contribution in [0.2, 0.25) is 0 Å². The number of sulfonamides is 1. The quantitative estimate of drug-likeness (QED) is 0.244. The van der Waals surface area contributed by atoms with Crippen molar-refractivity contribution < 1.29 is 22.6 Å². The fraction of sp³-hybridized carbons (Fsp3) is 0.276. The van der Waals surface area contributed by atoms with Crippen LogP contribution in [-0.2, 0) is 23.0 Å². The van der Waals surface area contributed by atoms with Crippen LogP contribution >= 0.6 is 11.3 Å². The lowest BCUT2D eigenvalue weighted by Crippen LogP contribution is -2.22. The molecular formula is C29H33N3O5S2. The van der Waals surface area contributed by atoms with Crippen molar-refractivity contribution in [2.24, 2.45) is 4.99 Å². The third-order valence-corrected chi connectivity index (χ3v) is 8.86. The molecule has 10 heteroatoms. The maximum atomic E-state index is 12.6. The molecule has 0 bridgehead atoms. The minimum Gasteiger partial charge on any atom is -0.494 e. The Morgan fingerprint density at radius 2 is 1.62 bits per heavy atom. The zero-order chi connectivity index (χ0) is 28.0. The highest BCUT2D eigenvalue weighted by Crippen LogP contribution is 2.29. The summed E-state index contributed by atoms with van der Waals surface area (Å²) in [5.74, 6) is 2.17. The van der Waals surface area contributed by atoms with Crippen molar-refractivity contribution in [2.45, 2.75) is 24.8 Å². The molecule has 0 unspecified atom stereocenters. The van der Waals surface area contributed by atoms with Crippen LogP contribution in [0, 0.1) is 0 Å². The van der Waals surface area contributed by atoms with Gasteiger partial charge in [0.1, 0.15) is 5.75 Å². The molecule has 8 nitrogen and oxygen atoms in total. The largest absolute Gasteiger partial charge is 0.494 e. The first kappa shape index (κ1) is 28.4. The number of aromatic nitrogens is 1. The minimum atomic E-state index is -3.51. The van der Waals surface area contributed by atoms with E-state index in [0.29, 0.717) is 24.7 Å². The highest BCUT2D eigenvalue weighted by molar-refractivity contribution is 7.89. The van der Waals surface area contributed by atoms with Gasteiger partial charge >= 0.3 is 0 Å². The van der Waals surface area contributed by atoms with Gasteiger partial charge in [0.25, 0.3) is 0 Å². The van der Waals surface area contributed by atoms with E-state index in [4.69, 9.17) is 19.2 Å². The van der Waals surface area contributed by atoms with Crippen LogP contribution in [0.15, 0.2) is 82.0 Å². The summed E-state index contributed by atoms with van der Waals surface area (Å²) >= 11 is 1.54. The van der Waals surface area contributed by atoms with E-state index in [0.717, 1.165) is 39.5 Å².